The van der Waals surface area contributed by atoms with Crippen molar-refractivity contribution >= 4 is 71.0 Å². The standard InChI is InChI=1S/C23H24FN9O9P2S2/c1-9-12-6-38-44(36,46-45)42-18-13(40-22(14(18)24)32-8-29-16-19(25)27-7-28-21(16)32)5-37-43(35)41-17(9)23(39-12)33-11-4-2-3-10(20(26)34)15(11)30-31-33/h2-4,7-8,12-14,17-18,22-23,43,45H,1,5-6H2,(H2,26,34)(H2,25,27,28)/t12-,13-,14-,17-,18-,22-,23-,44-/m1/s1. The number of ether oxygens (including phenoxy) is 2. The first-order valence-electron chi connectivity index (χ1n) is 13.4. The van der Waals surface area contributed by atoms with E-state index in [1.54, 1.807) is 12.1 Å². The number of alkyl halides is 1. The predicted octanol–water partition coefficient (Wildman–Crippen LogP) is 2.53. The Hall–Kier alpha value is -2.97. The second kappa shape index (κ2) is 12.2. The van der Waals surface area contributed by atoms with E-state index in [4.69, 9.17) is 39.0 Å². The number of anilines is 1. The van der Waals surface area contributed by atoms with Crippen LogP contribution in [0, 0.1) is 0 Å². The van der Waals surface area contributed by atoms with Gasteiger partial charge in [0.05, 0.1) is 30.6 Å². The number of hydrogen-bond acceptors (Lipinski definition) is 17. The molecule has 1 amide bonds. The van der Waals surface area contributed by atoms with Crippen molar-refractivity contribution in [2.75, 3.05) is 18.9 Å². The minimum atomic E-state index is -4.22. The van der Waals surface area contributed by atoms with E-state index in [9.17, 15) is 13.9 Å². The second-order valence-electron chi connectivity index (χ2n) is 10.2. The summed E-state index contributed by atoms with van der Waals surface area (Å²) in [6.45, 7) is -1.14. The molecular formula is C23H24FN9O9P2S2. The zero-order valence-corrected chi connectivity index (χ0v) is 26.8. The van der Waals surface area contributed by atoms with E-state index in [0.29, 0.717) is 15.9 Å². The fraction of sp³-hybridized carbons (Fsp3) is 0.391. The van der Waals surface area contributed by atoms with Gasteiger partial charge in [-0.05, 0) is 17.7 Å². The number of imidazole rings is 1. The number of nitrogens with two attached hydrogens (primary N) is 2. The molecule has 4 aromatic rings. The van der Waals surface area contributed by atoms with Gasteiger partial charge in [-0.2, -0.15) is 0 Å². The first-order chi connectivity index (χ1) is 22.1. The molecule has 3 aliphatic rings. The van der Waals surface area contributed by atoms with E-state index in [0.717, 1.165) is 0 Å². The smallest absolute Gasteiger partial charge is 0.382 e. The highest BCUT2D eigenvalue weighted by atomic mass is 33.3. The number of nitrogens with zero attached hydrogens (tertiary/aromatic N) is 7. The predicted molar refractivity (Wildman–Crippen MR) is 162 cm³/mol. The number of carbonyl (C=O) groups is 1. The van der Waals surface area contributed by atoms with Crippen molar-refractivity contribution in [3.05, 3.63) is 48.6 Å². The first kappa shape index (κ1) is 31.6. The summed E-state index contributed by atoms with van der Waals surface area (Å²) in [6, 6.07) is 4.69. The molecule has 4 N–H and O–H groups in total. The fourth-order valence-corrected chi connectivity index (χ4v) is 8.78. The van der Waals surface area contributed by atoms with Gasteiger partial charge in [-0.1, -0.05) is 29.5 Å². The third-order valence-electron chi connectivity index (χ3n) is 7.60. The van der Waals surface area contributed by atoms with E-state index in [-0.39, 0.29) is 33.6 Å². The maximum atomic E-state index is 16.1. The number of rotatable bonds is 4. The third-order valence-corrected chi connectivity index (χ3v) is 12.6. The summed E-state index contributed by atoms with van der Waals surface area (Å²) in [5, 5.41) is 8.18. The van der Waals surface area contributed by atoms with E-state index in [1.807, 2.05) is 0 Å². The third kappa shape index (κ3) is 5.43. The summed E-state index contributed by atoms with van der Waals surface area (Å²) >= 11 is 4.07. The van der Waals surface area contributed by atoms with Gasteiger partial charge in [0, 0.05) is 10.4 Å². The molecule has 3 fully saturated rings. The summed E-state index contributed by atoms with van der Waals surface area (Å²) in [4.78, 5) is 24.1. The van der Waals surface area contributed by atoms with E-state index >= 15 is 4.39 Å². The molecule has 0 saturated carbocycles. The van der Waals surface area contributed by atoms with Crippen molar-refractivity contribution in [2.45, 2.75) is 43.0 Å². The lowest BCUT2D eigenvalue weighted by Gasteiger charge is -2.25. The number of amides is 1. The molecule has 46 heavy (non-hydrogen) atoms. The number of aromatic nitrogens is 7. The quantitative estimate of drug-likeness (QED) is 0.119. The van der Waals surface area contributed by atoms with Crippen LogP contribution >= 0.6 is 37.1 Å². The Morgan fingerprint density at radius 1 is 1.20 bits per heavy atom. The summed E-state index contributed by atoms with van der Waals surface area (Å²) in [5.74, 6) is -0.645. The molecule has 1 unspecified atom stereocenters. The topological polar surface area (TPSA) is 233 Å². The highest BCUT2D eigenvalue weighted by Gasteiger charge is 2.52. The molecular weight excluding hydrogens is 691 g/mol. The lowest BCUT2D eigenvalue weighted by Crippen LogP contribution is -2.33. The maximum Gasteiger partial charge on any atom is 0.399 e. The molecule has 0 spiro atoms. The normalized spacial score (nSPS) is 33.8. The van der Waals surface area contributed by atoms with Gasteiger partial charge in [0.15, 0.2) is 30.1 Å². The lowest BCUT2D eigenvalue weighted by atomic mass is 10.1. The number of fused-ring (bicyclic) bond motifs is 5. The van der Waals surface area contributed by atoms with Crippen LogP contribution in [0.3, 0.4) is 0 Å². The number of carbonyl (C=O) groups excluding carboxylic acids is 1. The minimum absolute atomic E-state index is 0.0726. The van der Waals surface area contributed by atoms with E-state index in [1.165, 1.54) is 28.0 Å². The Labute approximate surface area is 267 Å². The molecule has 9 atom stereocenters. The molecule has 6 heterocycles. The molecule has 1 aromatic carbocycles. The van der Waals surface area contributed by atoms with Crippen molar-refractivity contribution in [1.82, 2.24) is 34.5 Å². The SMILES string of the molecule is C=C1[C@H]2O[PH](=O)OC[C@H]3O[C@@H](n4cnc5c(N)ncnc54)[C@H](F)[C@@H]3O[P@](=O)(SS)OC[C@H]1O[C@H]2n1nnc2c(C(N)=O)cccc21. The fourth-order valence-electron chi connectivity index (χ4n) is 5.41. The zero-order chi connectivity index (χ0) is 32.3. The lowest BCUT2D eigenvalue weighted by molar-refractivity contribution is -0.0593. The van der Waals surface area contributed by atoms with Crippen LogP contribution in [0.25, 0.3) is 22.2 Å². The van der Waals surface area contributed by atoms with E-state index in [2.05, 4.69) is 43.5 Å². The Morgan fingerprint density at radius 3 is 2.80 bits per heavy atom. The number of halogens is 1. The molecule has 18 nitrogen and oxygen atoms in total. The molecule has 0 radical (unpaired) electrons. The zero-order valence-electron chi connectivity index (χ0n) is 23.2. The number of benzene rings is 1. The van der Waals surface area contributed by atoms with Gasteiger partial charge in [-0.25, -0.2) is 28.6 Å². The molecule has 3 aromatic heterocycles. The monoisotopic (exact) mass is 715 g/mol. The number of hydrogen-bond donors (Lipinski definition) is 3. The average Bonchev–Trinajstić information content (AvgIpc) is 3.80. The van der Waals surface area contributed by atoms with Gasteiger partial charge < -0.3 is 25.5 Å². The molecule has 0 aliphatic carbocycles. The molecule has 3 aliphatic heterocycles. The van der Waals surface area contributed by atoms with Crippen LogP contribution < -0.4 is 11.5 Å². The Kier molecular flexibility index (Phi) is 8.41. The maximum absolute atomic E-state index is 16.1. The van der Waals surface area contributed by atoms with Gasteiger partial charge in [0.25, 0.3) is 5.91 Å². The second-order valence-corrected chi connectivity index (χ2v) is 16.1. The summed E-state index contributed by atoms with van der Waals surface area (Å²) in [7, 11) is -2.93. The van der Waals surface area contributed by atoms with Crippen LogP contribution in [0.5, 0.6) is 0 Å². The van der Waals surface area contributed by atoms with Crippen LogP contribution in [0.4, 0.5) is 10.2 Å². The molecule has 244 valence electrons. The van der Waals surface area contributed by atoms with Crippen LogP contribution in [0.1, 0.15) is 22.8 Å². The van der Waals surface area contributed by atoms with Gasteiger partial charge in [0.2, 0.25) is 0 Å². The Morgan fingerprint density at radius 2 is 2.02 bits per heavy atom. The van der Waals surface area contributed by atoms with E-state index < -0.39 is 77.2 Å². The van der Waals surface area contributed by atoms with Crippen molar-refractivity contribution in [2.24, 2.45) is 5.73 Å². The van der Waals surface area contributed by atoms with Crippen molar-refractivity contribution in [3.63, 3.8) is 0 Å². The highest BCUT2D eigenvalue weighted by molar-refractivity contribution is 8.93. The minimum Gasteiger partial charge on any atom is -0.382 e. The number of thiol groups is 1. The van der Waals surface area contributed by atoms with Gasteiger partial charge in [0.1, 0.15) is 41.8 Å². The average molecular weight is 716 g/mol. The Balaban J connectivity index is 1.20. The van der Waals surface area contributed by atoms with Crippen LogP contribution in [-0.2, 0) is 36.7 Å². The first-order valence-corrected chi connectivity index (χ1v) is 18.6. The summed E-state index contributed by atoms with van der Waals surface area (Å²) < 4.78 is 80.5. The molecule has 7 rings (SSSR count). The summed E-state index contributed by atoms with van der Waals surface area (Å²) in [5.41, 5.74) is 12.7. The Bertz CT molecular complexity index is 1930. The number of primary amides is 1. The van der Waals surface area contributed by atoms with Crippen LogP contribution in [0.2, 0.25) is 0 Å². The molecule has 3 saturated heterocycles. The van der Waals surface area contributed by atoms with Crippen LogP contribution in [0.15, 0.2) is 43.0 Å². The van der Waals surface area contributed by atoms with Crippen molar-refractivity contribution < 1.29 is 45.9 Å². The van der Waals surface area contributed by atoms with Gasteiger partial charge >= 0.3 is 15.1 Å². The van der Waals surface area contributed by atoms with Gasteiger partial charge in [-0.15, -0.1) is 5.10 Å². The number of nitrogen functional groups attached to an aromatic ring is 1. The molecule has 23 heteroatoms. The molecule has 2 bridgehead atoms. The van der Waals surface area contributed by atoms with Crippen molar-refractivity contribution in [1.29, 1.82) is 0 Å². The van der Waals surface area contributed by atoms with Crippen LogP contribution in [-0.4, -0.2) is 84.2 Å². The highest BCUT2D eigenvalue weighted by Crippen LogP contribution is 2.65. The van der Waals surface area contributed by atoms with Crippen molar-refractivity contribution in [3.8, 4) is 0 Å². The summed E-state index contributed by atoms with van der Waals surface area (Å²) in [6.07, 6.45) is -6.98. The largest absolute Gasteiger partial charge is 0.399 e. The van der Waals surface area contributed by atoms with Gasteiger partial charge in [-0.3, -0.25) is 27.5 Å².